The van der Waals surface area contributed by atoms with Gasteiger partial charge in [-0.25, -0.2) is 0 Å². The molecule has 1 fully saturated rings. The zero-order valence-electron chi connectivity index (χ0n) is 9.00. The van der Waals surface area contributed by atoms with Gasteiger partial charge in [0.05, 0.1) is 13.2 Å². The van der Waals surface area contributed by atoms with Crippen LogP contribution in [0.5, 0.6) is 0 Å². The van der Waals surface area contributed by atoms with E-state index in [0.29, 0.717) is 6.61 Å². The summed E-state index contributed by atoms with van der Waals surface area (Å²) in [4.78, 5) is 0. The summed E-state index contributed by atoms with van der Waals surface area (Å²) in [6, 6.07) is 0. The van der Waals surface area contributed by atoms with Crippen molar-refractivity contribution in [2.45, 2.75) is 44.2 Å². The van der Waals surface area contributed by atoms with Crippen LogP contribution in [0, 0.1) is 0 Å². The van der Waals surface area contributed by atoms with E-state index in [1.54, 1.807) is 0 Å². The van der Waals surface area contributed by atoms with Gasteiger partial charge >= 0.3 is 0 Å². The molecule has 1 aliphatic rings. The molecule has 3 N–H and O–H groups in total. The van der Waals surface area contributed by atoms with E-state index in [4.69, 9.17) is 14.6 Å². The van der Waals surface area contributed by atoms with Gasteiger partial charge in [0, 0.05) is 6.61 Å². The van der Waals surface area contributed by atoms with Crippen LogP contribution in [0.15, 0.2) is 0 Å². The molecule has 0 aromatic heterocycles. The molecule has 0 unspecified atom stereocenters. The fraction of sp³-hybridized carbons (Fsp3) is 1.00. The molecule has 0 spiro atoms. The van der Waals surface area contributed by atoms with Crippen molar-refractivity contribution in [3.63, 3.8) is 0 Å². The number of aliphatic hydroxyl groups excluding tert-OH is 3. The van der Waals surface area contributed by atoms with Crippen molar-refractivity contribution in [3.05, 3.63) is 0 Å². The third-order valence-corrected chi connectivity index (χ3v) is 2.57. The molecule has 1 heterocycles. The smallest absolute Gasteiger partial charge is 0.114 e. The topological polar surface area (TPSA) is 79.2 Å². The Morgan fingerprint density at radius 2 is 2.13 bits per heavy atom. The van der Waals surface area contributed by atoms with Gasteiger partial charge in [-0.3, -0.25) is 0 Å². The molecular formula is C10H20O5. The first-order valence-corrected chi connectivity index (χ1v) is 5.40. The number of rotatable bonds is 5. The minimum atomic E-state index is -0.962. The molecule has 0 aliphatic carbocycles. The van der Waals surface area contributed by atoms with E-state index in [0.717, 1.165) is 12.8 Å². The van der Waals surface area contributed by atoms with E-state index in [-0.39, 0.29) is 13.2 Å². The lowest BCUT2D eigenvalue weighted by Crippen LogP contribution is -2.55. The fourth-order valence-corrected chi connectivity index (χ4v) is 1.59. The number of unbranched alkanes of at least 4 members (excludes halogenated alkanes) is 1. The monoisotopic (exact) mass is 220 g/mol. The Balaban J connectivity index is 2.42. The molecule has 1 rings (SSSR count). The van der Waals surface area contributed by atoms with Gasteiger partial charge in [-0.15, -0.1) is 0 Å². The van der Waals surface area contributed by atoms with Crippen LogP contribution in [0.25, 0.3) is 0 Å². The molecule has 0 saturated carbocycles. The van der Waals surface area contributed by atoms with Crippen LogP contribution in [0.2, 0.25) is 0 Å². The minimum absolute atomic E-state index is 0.0963. The first kappa shape index (κ1) is 12.9. The first-order valence-electron chi connectivity index (χ1n) is 5.40. The van der Waals surface area contributed by atoms with Crippen LogP contribution < -0.4 is 0 Å². The molecule has 5 heteroatoms. The van der Waals surface area contributed by atoms with Crippen molar-refractivity contribution >= 4 is 0 Å². The van der Waals surface area contributed by atoms with Crippen LogP contribution in [-0.4, -0.2) is 59.6 Å². The van der Waals surface area contributed by atoms with Crippen LogP contribution in [0.4, 0.5) is 0 Å². The second-order valence-corrected chi connectivity index (χ2v) is 3.80. The number of hydrogen-bond donors (Lipinski definition) is 3. The van der Waals surface area contributed by atoms with Gasteiger partial charge in [-0.1, -0.05) is 13.3 Å². The first-order chi connectivity index (χ1) is 7.20. The molecule has 5 nitrogen and oxygen atoms in total. The average Bonchev–Trinajstić information content (AvgIpc) is 2.23. The molecule has 0 aromatic carbocycles. The van der Waals surface area contributed by atoms with Crippen molar-refractivity contribution in [2.75, 3.05) is 19.8 Å². The maximum Gasteiger partial charge on any atom is 0.114 e. The number of ether oxygens (including phenoxy) is 2. The lowest BCUT2D eigenvalue weighted by atomic mass is 10.0. The predicted octanol–water partition coefficient (Wildman–Crippen LogP) is -0.715. The summed E-state index contributed by atoms with van der Waals surface area (Å²) in [5.41, 5.74) is 0. The minimum Gasteiger partial charge on any atom is -0.394 e. The normalized spacial score (nSPS) is 36.8. The van der Waals surface area contributed by atoms with Crippen LogP contribution >= 0.6 is 0 Å². The summed E-state index contributed by atoms with van der Waals surface area (Å²) >= 11 is 0. The zero-order chi connectivity index (χ0) is 11.3. The van der Waals surface area contributed by atoms with E-state index < -0.39 is 24.4 Å². The quantitative estimate of drug-likeness (QED) is 0.533. The lowest BCUT2D eigenvalue weighted by molar-refractivity contribution is -0.210. The van der Waals surface area contributed by atoms with Gasteiger partial charge in [0.2, 0.25) is 0 Å². The molecule has 0 radical (unpaired) electrons. The summed E-state index contributed by atoms with van der Waals surface area (Å²) in [5, 5.41) is 28.2. The standard InChI is InChI=1S/C10H20O5/c1-2-3-4-14-10-7(12)6-15-8(5-11)9(10)13/h7-13H,2-6H2,1H3/t7-,8-,9-,10+/m1/s1. The molecule has 0 amide bonds. The van der Waals surface area contributed by atoms with Crippen molar-refractivity contribution < 1.29 is 24.8 Å². The molecule has 4 atom stereocenters. The van der Waals surface area contributed by atoms with Crippen LogP contribution in [-0.2, 0) is 9.47 Å². The summed E-state index contributed by atoms with van der Waals surface area (Å²) in [7, 11) is 0. The van der Waals surface area contributed by atoms with Crippen molar-refractivity contribution in [2.24, 2.45) is 0 Å². The molecule has 0 bridgehead atoms. The molecule has 1 saturated heterocycles. The second kappa shape index (κ2) is 6.40. The third kappa shape index (κ3) is 3.39. The summed E-state index contributed by atoms with van der Waals surface area (Å²) in [6.07, 6.45) is -1.20. The summed E-state index contributed by atoms with van der Waals surface area (Å²) in [6.45, 7) is 2.38. The van der Waals surface area contributed by atoms with E-state index in [1.165, 1.54) is 0 Å². The van der Waals surface area contributed by atoms with E-state index in [1.807, 2.05) is 6.92 Å². The number of aliphatic hydroxyl groups is 3. The Morgan fingerprint density at radius 3 is 2.73 bits per heavy atom. The highest BCUT2D eigenvalue weighted by atomic mass is 16.6. The van der Waals surface area contributed by atoms with Gasteiger partial charge in [-0.2, -0.15) is 0 Å². The number of hydrogen-bond acceptors (Lipinski definition) is 5. The molecule has 90 valence electrons. The summed E-state index contributed by atoms with van der Waals surface area (Å²) in [5.74, 6) is 0. The maximum atomic E-state index is 9.73. The average molecular weight is 220 g/mol. The third-order valence-electron chi connectivity index (χ3n) is 2.57. The van der Waals surface area contributed by atoms with Gasteiger partial charge in [0.25, 0.3) is 0 Å². The van der Waals surface area contributed by atoms with Crippen molar-refractivity contribution in [1.29, 1.82) is 0 Å². The highest BCUT2D eigenvalue weighted by Gasteiger charge is 2.38. The Morgan fingerprint density at radius 1 is 1.40 bits per heavy atom. The van der Waals surface area contributed by atoms with Crippen molar-refractivity contribution in [1.82, 2.24) is 0 Å². The fourth-order valence-electron chi connectivity index (χ4n) is 1.59. The Labute approximate surface area is 89.6 Å². The van der Waals surface area contributed by atoms with Gasteiger partial charge in [0.15, 0.2) is 0 Å². The highest BCUT2D eigenvalue weighted by molar-refractivity contribution is 4.87. The second-order valence-electron chi connectivity index (χ2n) is 3.80. The molecule has 15 heavy (non-hydrogen) atoms. The van der Waals surface area contributed by atoms with E-state index >= 15 is 0 Å². The SMILES string of the molecule is CCCCO[C@@H]1[C@H](O)[C@@H](CO)OC[C@H]1O. The Hall–Kier alpha value is -0.200. The van der Waals surface area contributed by atoms with E-state index in [9.17, 15) is 10.2 Å². The lowest BCUT2D eigenvalue weighted by Gasteiger charge is -2.37. The van der Waals surface area contributed by atoms with E-state index in [2.05, 4.69) is 0 Å². The van der Waals surface area contributed by atoms with Crippen LogP contribution in [0.3, 0.4) is 0 Å². The van der Waals surface area contributed by atoms with Crippen molar-refractivity contribution in [3.8, 4) is 0 Å². The van der Waals surface area contributed by atoms with Gasteiger partial charge < -0.3 is 24.8 Å². The predicted molar refractivity (Wildman–Crippen MR) is 53.5 cm³/mol. The largest absolute Gasteiger partial charge is 0.394 e. The Bertz CT molecular complexity index is 175. The van der Waals surface area contributed by atoms with Gasteiger partial charge in [-0.05, 0) is 6.42 Å². The van der Waals surface area contributed by atoms with Gasteiger partial charge in [0.1, 0.15) is 24.4 Å². The highest BCUT2D eigenvalue weighted by Crippen LogP contribution is 2.18. The molecule has 1 aliphatic heterocycles. The van der Waals surface area contributed by atoms with Crippen LogP contribution in [0.1, 0.15) is 19.8 Å². The Kier molecular flexibility index (Phi) is 5.49. The molecule has 0 aromatic rings. The molecular weight excluding hydrogens is 200 g/mol. The zero-order valence-corrected chi connectivity index (χ0v) is 9.00. The summed E-state index contributed by atoms with van der Waals surface area (Å²) < 4.78 is 10.4. The maximum absolute atomic E-state index is 9.73.